The monoisotopic (exact) mass is 271 g/mol. The van der Waals surface area contributed by atoms with Gasteiger partial charge in [-0.05, 0) is 0 Å². The largest absolute Gasteiger partial charge is 0.409 e. The molecule has 0 bridgehead atoms. The Morgan fingerprint density at radius 2 is 2.37 bits per heavy atom. The summed E-state index contributed by atoms with van der Waals surface area (Å²) in [6.07, 6.45) is 1.39. The second-order valence-corrected chi connectivity index (χ2v) is 3.61. The molecule has 0 saturated heterocycles. The number of aryl methyl sites for hydroxylation is 1. The van der Waals surface area contributed by atoms with Gasteiger partial charge in [0.2, 0.25) is 0 Å². The number of hydrogen-bond donors (Lipinski definition) is 3. The van der Waals surface area contributed by atoms with Gasteiger partial charge in [-0.1, -0.05) is 5.16 Å². The predicted octanol–water partition coefficient (Wildman–Crippen LogP) is -0.884. The van der Waals surface area contributed by atoms with Gasteiger partial charge in [0.05, 0.1) is 25.0 Å². The number of aromatic nitrogens is 2. The number of carbonyl (C=O) groups is 1. The molecular formula is C10H17N5O4. The van der Waals surface area contributed by atoms with Gasteiger partial charge in [-0.15, -0.1) is 0 Å². The minimum absolute atomic E-state index is 0.121. The number of ether oxygens (including phenoxy) is 2. The van der Waals surface area contributed by atoms with Crippen LogP contribution in [0.3, 0.4) is 0 Å². The predicted molar refractivity (Wildman–Crippen MR) is 67.0 cm³/mol. The van der Waals surface area contributed by atoms with Gasteiger partial charge in [0.15, 0.2) is 5.84 Å². The van der Waals surface area contributed by atoms with Crippen LogP contribution in [0.2, 0.25) is 0 Å². The number of anilines is 1. The van der Waals surface area contributed by atoms with Crippen LogP contribution in [0.1, 0.15) is 5.56 Å². The standard InChI is InChI=1S/C10H17N5O4/c1-15-10(7(5-12-15)9(11)14-17)13-8(16)6-19-4-3-18-2/h5,17H,3-4,6H2,1-2H3,(H2,11,14)(H,13,16). The summed E-state index contributed by atoms with van der Waals surface area (Å²) in [5.41, 5.74) is 5.80. The molecule has 0 aliphatic carbocycles. The number of carbonyl (C=O) groups excluding carboxylic acids is 1. The molecule has 0 atom stereocenters. The molecule has 106 valence electrons. The van der Waals surface area contributed by atoms with Gasteiger partial charge < -0.3 is 25.7 Å². The molecular weight excluding hydrogens is 254 g/mol. The molecule has 0 aliphatic rings. The third-order valence-electron chi connectivity index (χ3n) is 2.25. The highest BCUT2D eigenvalue weighted by Gasteiger charge is 2.15. The molecule has 1 amide bonds. The fourth-order valence-electron chi connectivity index (χ4n) is 1.30. The summed E-state index contributed by atoms with van der Waals surface area (Å²) in [5.74, 6) is -0.175. The van der Waals surface area contributed by atoms with Crippen molar-refractivity contribution in [3.8, 4) is 0 Å². The average Bonchev–Trinajstić information content (AvgIpc) is 2.75. The van der Waals surface area contributed by atoms with E-state index in [1.807, 2.05) is 0 Å². The van der Waals surface area contributed by atoms with Crippen LogP contribution >= 0.6 is 0 Å². The van der Waals surface area contributed by atoms with Crippen LogP contribution in [0, 0.1) is 0 Å². The zero-order valence-corrected chi connectivity index (χ0v) is 10.8. The maximum atomic E-state index is 11.6. The normalized spacial score (nSPS) is 11.6. The fraction of sp³-hybridized carbons (Fsp3) is 0.500. The summed E-state index contributed by atoms with van der Waals surface area (Å²) in [6, 6.07) is 0. The molecule has 0 fully saturated rings. The van der Waals surface area contributed by atoms with Crippen LogP contribution in [0.5, 0.6) is 0 Å². The molecule has 1 heterocycles. The zero-order valence-electron chi connectivity index (χ0n) is 10.8. The lowest BCUT2D eigenvalue weighted by Crippen LogP contribution is -2.23. The molecule has 0 saturated carbocycles. The fourth-order valence-corrected chi connectivity index (χ4v) is 1.30. The van der Waals surface area contributed by atoms with E-state index >= 15 is 0 Å². The maximum absolute atomic E-state index is 11.6. The van der Waals surface area contributed by atoms with Crippen LogP contribution in [-0.2, 0) is 21.3 Å². The summed E-state index contributed by atoms with van der Waals surface area (Å²) in [6.45, 7) is 0.612. The second kappa shape index (κ2) is 7.34. The molecule has 9 heteroatoms. The summed E-state index contributed by atoms with van der Waals surface area (Å²) < 4.78 is 11.3. The summed E-state index contributed by atoms with van der Waals surface area (Å²) in [4.78, 5) is 11.6. The van der Waals surface area contributed by atoms with Crippen LogP contribution < -0.4 is 11.1 Å². The smallest absolute Gasteiger partial charge is 0.251 e. The van der Waals surface area contributed by atoms with E-state index in [4.69, 9.17) is 20.4 Å². The number of amidine groups is 1. The number of nitrogens with two attached hydrogens (primary N) is 1. The number of hydrogen-bond acceptors (Lipinski definition) is 6. The number of nitrogens with zero attached hydrogens (tertiary/aromatic N) is 3. The Morgan fingerprint density at radius 3 is 3.00 bits per heavy atom. The van der Waals surface area contributed by atoms with E-state index in [9.17, 15) is 4.79 Å². The van der Waals surface area contributed by atoms with Crippen molar-refractivity contribution in [3.05, 3.63) is 11.8 Å². The van der Waals surface area contributed by atoms with Gasteiger partial charge in [-0.25, -0.2) is 0 Å². The summed E-state index contributed by atoms with van der Waals surface area (Å²) in [7, 11) is 3.16. The van der Waals surface area contributed by atoms with Crippen molar-refractivity contribution < 1.29 is 19.5 Å². The van der Waals surface area contributed by atoms with E-state index in [1.165, 1.54) is 10.9 Å². The van der Waals surface area contributed by atoms with Crippen molar-refractivity contribution >= 4 is 17.6 Å². The van der Waals surface area contributed by atoms with Gasteiger partial charge >= 0.3 is 0 Å². The quantitative estimate of drug-likeness (QED) is 0.194. The van der Waals surface area contributed by atoms with Crippen LogP contribution in [0.4, 0.5) is 5.82 Å². The summed E-state index contributed by atoms with van der Waals surface area (Å²) in [5, 5.41) is 18.0. The number of methoxy groups -OCH3 is 1. The first-order valence-corrected chi connectivity index (χ1v) is 5.46. The van der Waals surface area contributed by atoms with Crippen LogP contribution in [0.15, 0.2) is 11.4 Å². The first-order valence-electron chi connectivity index (χ1n) is 5.46. The molecule has 19 heavy (non-hydrogen) atoms. The molecule has 0 radical (unpaired) electrons. The van der Waals surface area contributed by atoms with E-state index in [0.717, 1.165) is 0 Å². The third kappa shape index (κ3) is 4.23. The maximum Gasteiger partial charge on any atom is 0.251 e. The first-order chi connectivity index (χ1) is 9.10. The Morgan fingerprint density at radius 1 is 1.63 bits per heavy atom. The molecule has 1 aromatic rings. The second-order valence-electron chi connectivity index (χ2n) is 3.61. The average molecular weight is 271 g/mol. The lowest BCUT2D eigenvalue weighted by atomic mass is 10.3. The Hall–Kier alpha value is -2.13. The lowest BCUT2D eigenvalue weighted by Gasteiger charge is -2.08. The Balaban J connectivity index is 2.61. The van der Waals surface area contributed by atoms with Gasteiger partial charge in [-0.2, -0.15) is 5.10 Å². The van der Waals surface area contributed by atoms with Crippen molar-refractivity contribution in [2.45, 2.75) is 0 Å². The molecule has 0 aliphatic heterocycles. The van der Waals surface area contributed by atoms with Gasteiger partial charge in [0.1, 0.15) is 12.4 Å². The Kier molecular flexibility index (Phi) is 5.76. The third-order valence-corrected chi connectivity index (χ3v) is 2.25. The zero-order chi connectivity index (χ0) is 14.3. The molecule has 1 rings (SSSR count). The Labute approximate surface area is 110 Å². The van der Waals surface area contributed by atoms with Gasteiger partial charge in [0.25, 0.3) is 5.91 Å². The summed E-state index contributed by atoms with van der Waals surface area (Å²) >= 11 is 0. The Bertz CT molecular complexity index is 457. The van der Waals surface area contributed by atoms with E-state index in [-0.39, 0.29) is 18.3 Å². The number of amides is 1. The van der Waals surface area contributed by atoms with Crippen molar-refractivity contribution in [1.29, 1.82) is 0 Å². The molecule has 4 N–H and O–H groups in total. The van der Waals surface area contributed by atoms with Crippen molar-refractivity contribution in [2.75, 3.05) is 32.2 Å². The molecule has 0 spiro atoms. The number of nitrogens with one attached hydrogen (secondary N) is 1. The first kappa shape index (κ1) is 14.9. The highest BCUT2D eigenvalue weighted by molar-refractivity contribution is 6.04. The van der Waals surface area contributed by atoms with E-state index in [0.29, 0.717) is 24.6 Å². The molecule has 0 unspecified atom stereocenters. The molecule has 0 aromatic carbocycles. The van der Waals surface area contributed by atoms with E-state index in [2.05, 4.69) is 15.6 Å². The lowest BCUT2D eigenvalue weighted by molar-refractivity contribution is -0.121. The topological polar surface area (TPSA) is 124 Å². The highest BCUT2D eigenvalue weighted by Crippen LogP contribution is 2.13. The minimum atomic E-state index is -0.369. The molecule has 9 nitrogen and oxygen atoms in total. The van der Waals surface area contributed by atoms with Crippen molar-refractivity contribution in [1.82, 2.24) is 9.78 Å². The van der Waals surface area contributed by atoms with Crippen molar-refractivity contribution in [2.24, 2.45) is 17.9 Å². The van der Waals surface area contributed by atoms with Crippen LogP contribution in [-0.4, -0.2) is 53.7 Å². The highest BCUT2D eigenvalue weighted by atomic mass is 16.5. The van der Waals surface area contributed by atoms with Crippen molar-refractivity contribution in [3.63, 3.8) is 0 Å². The number of rotatable bonds is 7. The molecule has 1 aromatic heterocycles. The minimum Gasteiger partial charge on any atom is -0.409 e. The SMILES string of the molecule is COCCOCC(=O)Nc1c(C(N)=NO)cnn1C. The van der Waals surface area contributed by atoms with Crippen LogP contribution in [0.25, 0.3) is 0 Å². The van der Waals surface area contributed by atoms with E-state index < -0.39 is 0 Å². The van der Waals surface area contributed by atoms with E-state index in [1.54, 1.807) is 14.2 Å². The number of oxime groups is 1. The van der Waals surface area contributed by atoms with Gasteiger partial charge in [-0.3, -0.25) is 9.48 Å². The van der Waals surface area contributed by atoms with Gasteiger partial charge in [0, 0.05) is 14.2 Å².